The van der Waals surface area contributed by atoms with E-state index in [0.29, 0.717) is 19.0 Å². The van der Waals surface area contributed by atoms with Crippen molar-refractivity contribution in [3.8, 4) is 0 Å². The third kappa shape index (κ3) is 6.31. The third-order valence-corrected chi connectivity index (χ3v) is 5.29. The van der Waals surface area contributed by atoms with Gasteiger partial charge in [0.25, 0.3) is 0 Å². The van der Waals surface area contributed by atoms with Crippen LogP contribution < -0.4 is 15.5 Å². The second-order valence-electron chi connectivity index (χ2n) is 5.92. The van der Waals surface area contributed by atoms with Crippen molar-refractivity contribution in [3.63, 3.8) is 0 Å². The molecule has 8 heteroatoms. The van der Waals surface area contributed by atoms with Crippen LogP contribution in [0.3, 0.4) is 0 Å². The Morgan fingerprint density at radius 1 is 1.38 bits per heavy atom. The van der Waals surface area contributed by atoms with E-state index in [1.807, 2.05) is 24.0 Å². The van der Waals surface area contributed by atoms with E-state index in [0.717, 1.165) is 42.5 Å². The maximum absolute atomic E-state index is 12.0. The molecule has 0 radical (unpaired) electrons. The Hall–Kier alpha value is -0.690. The smallest absolute Gasteiger partial charge is 0.221 e. The maximum Gasteiger partial charge on any atom is 0.221 e. The molecule has 1 amide bonds. The van der Waals surface area contributed by atoms with Crippen LogP contribution in [0.2, 0.25) is 0 Å². The minimum atomic E-state index is 0. The number of carbonyl (C=O) groups excluding carboxylic acids is 1. The van der Waals surface area contributed by atoms with Crippen LogP contribution in [0.1, 0.15) is 24.8 Å². The molecule has 1 aromatic heterocycles. The highest BCUT2D eigenvalue weighted by Crippen LogP contribution is 2.18. The van der Waals surface area contributed by atoms with Gasteiger partial charge in [-0.15, -0.1) is 24.8 Å². The van der Waals surface area contributed by atoms with Gasteiger partial charge in [0.15, 0.2) is 0 Å². The largest absolute Gasteiger partial charge is 0.357 e. The Balaban J connectivity index is 0.00000144. The molecule has 0 saturated carbocycles. The molecule has 3 heterocycles. The number of halogens is 2. The Morgan fingerprint density at radius 2 is 2.17 bits per heavy atom. The Morgan fingerprint density at radius 3 is 2.88 bits per heavy atom. The van der Waals surface area contributed by atoms with Crippen LogP contribution in [0.5, 0.6) is 0 Å². The summed E-state index contributed by atoms with van der Waals surface area (Å²) in [5.74, 6) is 3.34. The van der Waals surface area contributed by atoms with Gasteiger partial charge in [0, 0.05) is 56.3 Å². The molecule has 5 nitrogen and oxygen atoms in total. The molecule has 2 N–H and O–H groups in total. The number of rotatable bonds is 5. The van der Waals surface area contributed by atoms with E-state index in [4.69, 9.17) is 0 Å². The zero-order valence-electron chi connectivity index (χ0n) is 13.7. The van der Waals surface area contributed by atoms with E-state index in [-0.39, 0.29) is 30.7 Å². The summed E-state index contributed by atoms with van der Waals surface area (Å²) in [6.45, 7) is 3.77. The normalized spacial score (nSPS) is 20.0. The van der Waals surface area contributed by atoms with Gasteiger partial charge < -0.3 is 15.5 Å². The molecule has 0 bridgehead atoms. The van der Waals surface area contributed by atoms with Gasteiger partial charge in [0.1, 0.15) is 5.82 Å². The zero-order valence-corrected chi connectivity index (χ0v) is 16.2. The first kappa shape index (κ1) is 21.4. The second-order valence-corrected chi connectivity index (χ2v) is 7.07. The number of nitrogens with zero attached hydrogens (tertiary/aromatic N) is 2. The quantitative estimate of drug-likeness (QED) is 0.804. The number of pyridine rings is 1. The van der Waals surface area contributed by atoms with Crippen molar-refractivity contribution in [2.75, 3.05) is 36.0 Å². The second kappa shape index (κ2) is 11.0. The van der Waals surface area contributed by atoms with Gasteiger partial charge in [-0.25, -0.2) is 4.98 Å². The molecular weight excluding hydrogens is 367 g/mol. The molecule has 1 atom stereocenters. The number of nitrogens with one attached hydrogen (secondary N) is 2. The van der Waals surface area contributed by atoms with Crippen LogP contribution in [0, 0.1) is 0 Å². The van der Waals surface area contributed by atoms with Gasteiger partial charge in [-0.2, -0.15) is 11.8 Å². The van der Waals surface area contributed by atoms with E-state index >= 15 is 0 Å². The molecule has 1 aromatic rings. The molecule has 2 aliphatic rings. The maximum atomic E-state index is 12.0. The molecule has 24 heavy (non-hydrogen) atoms. The lowest BCUT2D eigenvalue weighted by molar-refractivity contribution is -0.121. The summed E-state index contributed by atoms with van der Waals surface area (Å²) < 4.78 is 0. The lowest BCUT2D eigenvalue weighted by Crippen LogP contribution is -2.41. The summed E-state index contributed by atoms with van der Waals surface area (Å²) in [7, 11) is 0. The fraction of sp³-hybridized carbons (Fsp3) is 0.625. The van der Waals surface area contributed by atoms with Crippen molar-refractivity contribution >= 4 is 48.3 Å². The van der Waals surface area contributed by atoms with Crippen molar-refractivity contribution in [2.24, 2.45) is 0 Å². The van der Waals surface area contributed by atoms with Gasteiger partial charge in [-0.05, 0) is 30.5 Å². The molecule has 1 unspecified atom stereocenters. The predicted molar refractivity (Wildman–Crippen MR) is 106 cm³/mol. The van der Waals surface area contributed by atoms with Crippen LogP contribution in [-0.4, -0.2) is 48.1 Å². The highest BCUT2D eigenvalue weighted by Gasteiger charge is 2.17. The monoisotopic (exact) mass is 392 g/mol. The Labute approximate surface area is 160 Å². The van der Waals surface area contributed by atoms with E-state index < -0.39 is 0 Å². The highest BCUT2D eigenvalue weighted by atomic mass is 35.5. The molecule has 0 aromatic carbocycles. The summed E-state index contributed by atoms with van der Waals surface area (Å²) >= 11 is 1.92. The minimum Gasteiger partial charge on any atom is -0.357 e. The van der Waals surface area contributed by atoms with Crippen LogP contribution in [0.15, 0.2) is 18.3 Å². The molecule has 2 fully saturated rings. The lowest BCUT2D eigenvalue weighted by Gasteiger charge is -2.22. The molecule has 0 spiro atoms. The van der Waals surface area contributed by atoms with Gasteiger partial charge in [-0.3, -0.25) is 4.79 Å². The third-order valence-electron chi connectivity index (χ3n) is 4.16. The van der Waals surface area contributed by atoms with Crippen LogP contribution in [0.25, 0.3) is 0 Å². The number of amides is 1. The van der Waals surface area contributed by atoms with E-state index in [1.54, 1.807) is 0 Å². The summed E-state index contributed by atoms with van der Waals surface area (Å²) in [5.41, 5.74) is 1.12. The molecule has 2 aliphatic heterocycles. The highest BCUT2D eigenvalue weighted by molar-refractivity contribution is 7.99. The Kier molecular flexibility index (Phi) is 9.81. The van der Waals surface area contributed by atoms with Crippen molar-refractivity contribution in [2.45, 2.75) is 31.8 Å². The molecule has 136 valence electrons. The van der Waals surface area contributed by atoms with Gasteiger partial charge in [0.05, 0.1) is 0 Å². The number of aromatic nitrogens is 1. The predicted octanol–water partition coefficient (Wildman–Crippen LogP) is 2.24. The number of anilines is 1. The average molecular weight is 393 g/mol. The summed E-state index contributed by atoms with van der Waals surface area (Å²) in [6, 6.07) is 4.39. The van der Waals surface area contributed by atoms with Crippen molar-refractivity contribution in [1.29, 1.82) is 0 Å². The van der Waals surface area contributed by atoms with Gasteiger partial charge in [0.2, 0.25) is 5.91 Å². The van der Waals surface area contributed by atoms with Crippen molar-refractivity contribution < 1.29 is 4.79 Å². The number of carbonyl (C=O) groups is 1. The fourth-order valence-corrected chi connectivity index (χ4v) is 3.89. The topological polar surface area (TPSA) is 57.3 Å². The van der Waals surface area contributed by atoms with Crippen molar-refractivity contribution in [1.82, 2.24) is 15.6 Å². The molecule has 2 saturated heterocycles. The summed E-state index contributed by atoms with van der Waals surface area (Å²) in [5, 5.41) is 6.43. The number of hydrogen-bond acceptors (Lipinski definition) is 5. The standard InChI is InChI=1S/C16H24N4OS.2ClH/c21-16(10-14-12-22-8-5-17-14)19-11-13-3-4-18-15(9-13)20-6-1-2-7-20;;/h3-4,9,14,17H,1-2,5-8,10-12H2,(H,19,21);2*1H. The van der Waals surface area contributed by atoms with Crippen molar-refractivity contribution in [3.05, 3.63) is 23.9 Å². The van der Waals surface area contributed by atoms with Crippen LogP contribution in [-0.2, 0) is 11.3 Å². The SMILES string of the molecule is Cl.Cl.O=C(CC1CSCCN1)NCc1ccnc(N2CCCC2)c1. The number of thioether (sulfide) groups is 1. The molecule has 3 rings (SSSR count). The minimum absolute atomic E-state index is 0. The summed E-state index contributed by atoms with van der Waals surface area (Å²) in [6.07, 6.45) is 4.90. The Bertz CT molecular complexity index is 509. The molecule has 0 aliphatic carbocycles. The average Bonchev–Trinajstić information content (AvgIpc) is 3.09. The first-order valence-corrected chi connectivity index (χ1v) is 9.24. The van der Waals surface area contributed by atoms with E-state index in [9.17, 15) is 4.79 Å². The fourth-order valence-electron chi connectivity index (χ4n) is 2.94. The first-order chi connectivity index (χ1) is 10.8. The zero-order chi connectivity index (χ0) is 15.2. The van der Waals surface area contributed by atoms with Crippen LogP contribution >= 0.6 is 36.6 Å². The van der Waals surface area contributed by atoms with E-state index in [1.165, 1.54) is 12.8 Å². The van der Waals surface area contributed by atoms with Gasteiger partial charge >= 0.3 is 0 Å². The first-order valence-electron chi connectivity index (χ1n) is 8.09. The van der Waals surface area contributed by atoms with Gasteiger partial charge in [-0.1, -0.05) is 0 Å². The number of hydrogen-bond donors (Lipinski definition) is 2. The lowest BCUT2D eigenvalue weighted by atomic mass is 10.2. The van der Waals surface area contributed by atoms with E-state index in [2.05, 4.69) is 26.6 Å². The summed E-state index contributed by atoms with van der Waals surface area (Å²) in [4.78, 5) is 18.8. The molecular formula is C16H26Cl2N4OS. The van der Waals surface area contributed by atoms with Crippen LogP contribution in [0.4, 0.5) is 5.82 Å².